The maximum Gasteiger partial charge on any atom is 0.240 e. The molecule has 1 fully saturated rings. The van der Waals surface area contributed by atoms with Crippen LogP contribution in [0.4, 0.5) is 0 Å². The zero-order valence-corrected chi connectivity index (χ0v) is 14.9. The molecule has 3 rings (SSSR count). The second-order valence-electron chi connectivity index (χ2n) is 6.47. The second-order valence-corrected chi connectivity index (χ2v) is 8.24. The zero-order chi connectivity index (χ0) is 17.2. The standard InChI is InChI=1S/C19H23NO3S/c1-15-8-10-16(11-9-15)24(21,22)20-14-19(12-5-13-19)17-6-3-4-7-18(17)23-2/h3-4,6-11,20H,5,12-14H2,1-2H3. The first-order valence-corrected chi connectivity index (χ1v) is 9.65. The molecule has 1 aliphatic rings. The van der Waals surface area contributed by atoms with E-state index in [1.54, 1.807) is 19.2 Å². The van der Waals surface area contributed by atoms with E-state index in [2.05, 4.69) is 4.72 Å². The van der Waals surface area contributed by atoms with Gasteiger partial charge in [0.25, 0.3) is 0 Å². The molecule has 24 heavy (non-hydrogen) atoms. The Hall–Kier alpha value is -1.85. The summed E-state index contributed by atoms with van der Waals surface area (Å²) in [7, 11) is -1.85. The third kappa shape index (κ3) is 3.19. The first kappa shape index (κ1) is 17.0. The fraction of sp³-hybridized carbons (Fsp3) is 0.368. The number of rotatable bonds is 6. The maximum absolute atomic E-state index is 12.6. The molecule has 128 valence electrons. The van der Waals surface area contributed by atoms with Crippen molar-refractivity contribution in [2.75, 3.05) is 13.7 Å². The Kier molecular flexibility index (Phi) is 4.65. The Balaban J connectivity index is 1.82. The largest absolute Gasteiger partial charge is 0.496 e. The number of hydrogen-bond acceptors (Lipinski definition) is 3. The summed E-state index contributed by atoms with van der Waals surface area (Å²) in [6, 6.07) is 14.8. The molecular weight excluding hydrogens is 322 g/mol. The smallest absolute Gasteiger partial charge is 0.240 e. The fourth-order valence-corrected chi connectivity index (χ4v) is 4.39. The fourth-order valence-electron chi connectivity index (χ4n) is 3.26. The van der Waals surface area contributed by atoms with Crippen LogP contribution in [-0.4, -0.2) is 22.1 Å². The molecule has 0 radical (unpaired) electrons. The molecule has 0 atom stereocenters. The highest BCUT2D eigenvalue weighted by Gasteiger charge is 2.41. The topological polar surface area (TPSA) is 55.4 Å². The summed E-state index contributed by atoms with van der Waals surface area (Å²) >= 11 is 0. The van der Waals surface area contributed by atoms with Gasteiger partial charge in [-0.25, -0.2) is 13.1 Å². The van der Waals surface area contributed by atoms with Gasteiger partial charge in [-0.05, 0) is 38.0 Å². The molecule has 2 aromatic carbocycles. The second kappa shape index (κ2) is 6.57. The van der Waals surface area contributed by atoms with Crippen molar-refractivity contribution in [3.63, 3.8) is 0 Å². The Labute approximate surface area is 143 Å². The number of sulfonamides is 1. The molecule has 2 aromatic rings. The third-order valence-electron chi connectivity index (χ3n) is 4.92. The Morgan fingerprint density at radius 2 is 1.75 bits per heavy atom. The molecule has 0 aliphatic heterocycles. The van der Waals surface area contributed by atoms with Gasteiger partial charge < -0.3 is 4.74 Å². The van der Waals surface area contributed by atoms with Crippen LogP contribution in [0.25, 0.3) is 0 Å². The average molecular weight is 345 g/mol. The number of para-hydroxylation sites is 1. The lowest BCUT2D eigenvalue weighted by molar-refractivity contribution is 0.236. The number of methoxy groups -OCH3 is 1. The van der Waals surface area contributed by atoms with Crippen molar-refractivity contribution >= 4 is 10.0 Å². The van der Waals surface area contributed by atoms with Crippen LogP contribution in [0.3, 0.4) is 0 Å². The van der Waals surface area contributed by atoms with E-state index in [0.29, 0.717) is 11.4 Å². The molecule has 1 N–H and O–H groups in total. The summed E-state index contributed by atoms with van der Waals surface area (Å²) in [5.41, 5.74) is 1.95. The summed E-state index contributed by atoms with van der Waals surface area (Å²) in [6.45, 7) is 2.33. The van der Waals surface area contributed by atoms with Crippen LogP contribution in [0.15, 0.2) is 53.4 Å². The van der Waals surface area contributed by atoms with Crippen LogP contribution < -0.4 is 9.46 Å². The SMILES string of the molecule is COc1ccccc1C1(CNS(=O)(=O)c2ccc(C)cc2)CCC1. The minimum atomic E-state index is -3.50. The molecule has 1 saturated carbocycles. The van der Waals surface area contributed by atoms with Crippen LogP contribution in [0, 0.1) is 6.92 Å². The number of hydrogen-bond donors (Lipinski definition) is 1. The van der Waals surface area contributed by atoms with Crippen molar-refractivity contribution in [2.45, 2.75) is 36.5 Å². The van der Waals surface area contributed by atoms with Gasteiger partial charge in [0.2, 0.25) is 10.0 Å². The van der Waals surface area contributed by atoms with Crippen molar-refractivity contribution < 1.29 is 13.2 Å². The monoisotopic (exact) mass is 345 g/mol. The summed E-state index contributed by atoms with van der Waals surface area (Å²) in [6.07, 6.45) is 3.03. The summed E-state index contributed by atoms with van der Waals surface area (Å²) < 4.78 is 33.4. The quantitative estimate of drug-likeness (QED) is 0.873. The van der Waals surface area contributed by atoms with Crippen LogP contribution >= 0.6 is 0 Å². The first-order chi connectivity index (χ1) is 11.5. The van der Waals surface area contributed by atoms with Crippen LogP contribution in [-0.2, 0) is 15.4 Å². The maximum atomic E-state index is 12.6. The highest BCUT2D eigenvalue weighted by atomic mass is 32.2. The van der Waals surface area contributed by atoms with Gasteiger partial charge in [0.1, 0.15) is 5.75 Å². The van der Waals surface area contributed by atoms with E-state index >= 15 is 0 Å². The highest BCUT2D eigenvalue weighted by Crippen LogP contribution is 2.46. The van der Waals surface area contributed by atoms with E-state index in [4.69, 9.17) is 4.74 Å². The van der Waals surface area contributed by atoms with Crippen molar-refractivity contribution in [3.8, 4) is 5.75 Å². The van der Waals surface area contributed by atoms with Crippen molar-refractivity contribution in [2.24, 2.45) is 0 Å². The number of ether oxygens (including phenoxy) is 1. The van der Waals surface area contributed by atoms with Gasteiger partial charge in [-0.15, -0.1) is 0 Å². The molecule has 0 unspecified atom stereocenters. The lowest BCUT2D eigenvalue weighted by atomic mass is 9.64. The van der Waals surface area contributed by atoms with Crippen molar-refractivity contribution in [3.05, 3.63) is 59.7 Å². The molecular formula is C19H23NO3S. The zero-order valence-electron chi connectivity index (χ0n) is 14.1. The first-order valence-electron chi connectivity index (χ1n) is 8.17. The molecule has 4 nitrogen and oxygen atoms in total. The third-order valence-corrected chi connectivity index (χ3v) is 6.34. The highest BCUT2D eigenvalue weighted by molar-refractivity contribution is 7.89. The molecule has 0 bridgehead atoms. The van der Waals surface area contributed by atoms with E-state index in [-0.39, 0.29) is 5.41 Å². The van der Waals surface area contributed by atoms with E-state index in [0.717, 1.165) is 36.1 Å². The van der Waals surface area contributed by atoms with Gasteiger partial charge in [0.05, 0.1) is 12.0 Å². The number of aryl methyl sites for hydroxylation is 1. The molecule has 0 spiro atoms. The normalized spacial score (nSPS) is 16.4. The van der Waals surface area contributed by atoms with Gasteiger partial charge in [0, 0.05) is 17.5 Å². The van der Waals surface area contributed by atoms with Crippen LogP contribution in [0.2, 0.25) is 0 Å². The van der Waals surface area contributed by atoms with Crippen LogP contribution in [0.1, 0.15) is 30.4 Å². The lowest BCUT2D eigenvalue weighted by Gasteiger charge is -2.43. The minimum absolute atomic E-state index is 0.176. The molecule has 0 aromatic heterocycles. The van der Waals surface area contributed by atoms with E-state index in [9.17, 15) is 8.42 Å². The van der Waals surface area contributed by atoms with Gasteiger partial charge in [-0.2, -0.15) is 0 Å². The van der Waals surface area contributed by atoms with E-state index < -0.39 is 10.0 Å². The van der Waals surface area contributed by atoms with E-state index in [1.165, 1.54) is 0 Å². The summed E-state index contributed by atoms with van der Waals surface area (Å²) in [5.74, 6) is 0.826. The van der Waals surface area contributed by atoms with Gasteiger partial charge in [-0.1, -0.05) is 42.3 Å². The molecule has 0 amide bonds. The summed E-state index contributed by atoms with van der Waals surface area (Å²) in [4.78, 5) is 0.308. The van der Waals surface area contributed by atoms with Crippen molar-refractivity contribution in [1.29, 1.82) is 0 Å². The number of nitrogens with one attached hydrogen (secondary N) is 1. The Morgan fingerprint density at radius 1 is 1.08 bits per heavy atom. The lowest BCUT2D eigenvalue weighted by Crippen LogP contribution is -2.45. The predicted molar refractivity (Wildman–Crippen MR) is 94.9 cm³/mol. The predicted octanol–water partition coefficient (Wildman–Crippen LogP) is 3.40. The Morgan fingerprint density at radius 3 is 2.33 bits per heavy atom. The molecule has 0 saturated heterocycles. The average Bonchev–Trinajstić information content (AvgIpc) is 2.54. The van der Waals surface area contributed by atoms with Crippen LogP contribution in [0.5, 0.6) is 5.75 Å². The number of benzene rings is 2. The summed E-state index contributed by atoms with van der Waals surface area (Å²) in [5, 5.41) is 0. The van der Waals surface area contributed by atoms with Gasteiger partial charge in [-0.3, -0.25) is 0 Å². The van der Waals surface area contributed by atoms with Crippen molar-refractivity contribution in [1.82, 2.24) is 4.72 Å². The Bertz CT molecular complexity index is 809. The molecule has 5 heteroatoms. The van der Waals surface area contributed by atoms with Gasteiger partial charge in [0.15, 0.2) is 0 Å². The van der Waals surface area contributed by atoms with E-state index in [1.807, 2.05) is 43.3 Å². The van der Waals surface area contributed by atoms with Gasteiger partial charge >= 0.3 is 0 Å². The molecule has 0 heterocycles. The minimum Gasteiger partial charge on any atom is -0.496 e. The molecule has 1 aliphatic carbocycles.